The van der Waals surface area contributed by atoms with Crippen LogP contribution in [0.3, 0.4) is 0 Å². The highest BCUT2D eigenvalue weighted by Crippen LogP contribution is 2.19. The first kappa shape index (κ1) is 12.6. The van der Waals surface area contributed by atoms with Gasteiger partial charge in [-0.2, -0.15) is 0 Å². The van der Waals surface area contributed by atoms with Gasteiger partial charge in [0.05, 0.1) is 13.2 Å². The average Bonchev–Trinajstić information content (AvgIpc) is 2.46. The molecule has 0 radical (unpaired) electrons. The number of carbonyl (C=O) groups is 2. The van der Waals surface area contributed by atoms with Gasteiger partial charge in [-0.3, -0.25) is 9.59 Å². The van der Waals surface area contributed by atoms with Crippen molar-refractivity contribution in [2.24, 2.45) is 0 Å². The van der Waals surface area contributed by atoms with E-state index in [1.165, 1.54) is 0 Å². The van der Waals surface area contributed by atoms with Gasteiger partial charge in [0, 0.05) is 18.7 Å². The molecule has 5 nitrogen and oxygen atoms in total. The number of hydrogen-bond acceptors (Lipinski definition) is 4. The fourth-order valence-electron chi connectivity index (χ4n) is 1.91. The maximum absolute atomic E-state index is 12.3. The van der Waals surface area contributed by atoms with Crippen LogP contribution in [0.5, 0.6) is 0 Å². The minimum atomic E-state index is -0.859. The predicted molar refractivity (Wildman–Crippen MR) is 63.7 cm³/mol. The molecule has 5 heteroatoms. The fraction of sp³-hybridized carbons (Fsp3) is 0.385. The lowest BCUT2D eigenvalue weighted by Gasteiger charge is -2.29. The second-order valence-corrected chi connectivity index (χ2v) is 3.96. The minimum absolute atomic E-state index is 0.198. The van der Waals surface area contributed by atoms with Gasteiger partial charge in [0.1, 0.15) is 0 Å². The number of rotatable bonds is 4. The van der Waals surface area contributed by atoms with E-state index in [2.05, 4.69) is 0 Å². The third-order valence-corrected chi connectivity index (χ3v) is 2.84. The maximum Gasteiger partial charge on any atom is 0.294 e. The molecule has 1 unspecified atom stereocenters. The van der Waals surface area contributed by atoms with Crippen molar-refractivity contribution in [1.29, 1.82) is 0 Å². The summed E-state index contributed by atoms with van der Waals surface area (Å²) in [4.78, 5) is 24.5. The Morgan fingerprint density at radius 2 is 1.94 bits per heavy atom. The standard InChI is InChI=1S/C13H15NO4/c15-10-18-12(11-4-2-1-3-5-11)13(16)14-6-8-17-9-7-14/h1-5,10,12H,6-9H2. The molecule has 1 aliphatic rings. The second-order valence-electron chi connectivity index (χ2n) is 3.96. The number of hydrogen-bond donors (Lipinski definition) is 0. The van der Waals surface area contributed by atoms with Gasteiger partial charge < -0.3 is 14.4 Å². The molecule has 1 amide bonds. The van der Waals surface area contributed by atoms with E-state index in [1.807, 2.05) is 18.2 Å². The molecule has 1 atom stereocenters. The van der Waals surface area contributed by atoms with Crippen molar-refractivity contribution < 1.29 is 19.1 Å². The van der Waals surface area contributed by atoms with Crippen molar-refractivity contribution in [3.63, 3.8) is 0 Å². The second kappa shape index (κ2) is 6.16. The molecule has 18 heavy (non-hydrogen) atoms. The number of amides is 1. The first-order chi connectivity index (χ1) is 8.83. The molecule has 96 valence electrons. The molecule has 2 rings (SSSR count). The SMILES string of the molecule is O=COC(C(=O)N1CCOCC1)c1ccccc1. The van der Waals surface area contributed by atoms with Crippen LogP contribution in [-0.4, -0.2) is 43.6 Å². The molecular weight excluding hydrogens is 234 g/mol. The average molecular weight is 249 g/mol. The molecule has 1 fully saturated rings. The summed E-state index contributed by atoms with van der Waals surface area (Å²) >= 11 is 0. The van der Waals surface area contributed by atoms with Gasteiger partial charge in [0.25, 0.3) is 12.4 Å². The van der Waals surface area contributed by atoms with Gasteiger partial charge in [0.2, 0.25) is 6.10 Å². The summed E-state index contributed by atoms with van der Waals surface area (Å²) in [6.45, 7) is 2.42. The Labute approximate surface area is 105 Å². The Morgan fingerprint density at radius 1 is 1.28 bits per heavy atom. The summed E-state index contributed by atoms with van der Waals surface area (Å²) in [5.74, 6) is -0.198. The normalized spacial score (nSPS) is 17.0. The van der Waals surface area contributed by atoms with E-state index in [9.17, 15) is 9.59 Å². The Bertz CT molecular complexity index is 401. The zero-order valence-electron chi connectivity index (χ0n) is 9.95. The summed E-state index contributed by atoms with van der Waals surface area (Å²) in [7, 11) is 0. The van der Waals surface area contributed by atoms with Crippen molar-refractivity contribution in [2.45, 2.75) is 6.10 Å². The van der Waals surface area contributed by atoms with Crippen LogP contribution < -0.4 is 0 Å². The van der Waals surface area contributed by atoms with E-state index in [4.69, 9.17) is 9.47 Å². The van der Waals surface area contributed by atoms with E-state index in [-0.39, 0.29) is 5.91 Å². The molecular formula is C13H15NO4. The van der Waals surface area contributed by atoms with E-state index >= 15 is 0 Å². The van der Waals surface area contributed by atoms with Crippen molar-refractivity contribution in [3.05, 3.63) is 35.9 Å². The van der Waals surface area contributed by atoms with E-state index < -0.39 is 6.10 Å². The Hall–Kier alpha value is -1.88. The lowest BCUT2D eigenvalue weighted by Crippen LogP contribution is -2.43. The van der Waals surface area contributed by atoms with Crippen LogP contribution in [0.25, 0.3) is 0 Å². The lowest BCUT2D eigenvalue weighted by atomic mass is 10.1. The van der Waals surface area contributed by atoms with Crippen molar-refractivity contribution >= 4 is 12.4 Å². The molecule has 0 aromatic heterocycles. The van der Waals surface area contributed by atoms with Crippen LogP contribution in [0.4, 0.5) is 0 Å². The third-order valence-electron chi connectivity index (χ3n) is 2.84. The number of nitrogens with zero attached hydrogens (tertiary/aromatic N) is 1. The highest BCUT2D eigenvalue weighted by molar-refractivity contribution is 5.83. The van der Waals surface area contributed by atoms with Gasteiger partial charge in [0.15, 0.2) is 0 Å². The number of ether oxygens (including phenoxy) is 2. The molecule has 1 aromatic rings. The van der Waals surface area contributed by atoms with Gasteiger partial charge >= 0.3 is 0 Å². The molecule has 1 saturated heterocycles. The topological polar surface area (TPSA) is 55.8 Å². The van der Waals surface area contributed by atoms with Gasteiger partial charge in [-0.15, -0.1) is 0 Å². The first-order valence-electron chi connectivity index (χ1n) is 5.83. The van der Waals surface area contributed by atoms with Crippen molar-refractivity contribution in [2.75, 3.05) is 26.3 Å². The predicted octanol–water partition coefficient (Wildman–Crippen LogP) is 0.759. The first-order valence-corrected chi connectivity index (χ1v) is 5.83. The smallest absolute Gasteiger partial charge is 0.294 e. The Kier molecular flexibility index (Phi) is 4.30. The van der Waals surface area contributed by atoms with Crippen LogP contribution in [-0.2, 0) is 19.1 Å². The fourth-order valence-corrected chi connectivity index (χ4v) is 1.91. The molecule has 1 aromatic carbocycles. The quantitative estimate of drug-likeness (QED) is 0.739. The highest BCUT2D eigenvalue weighted by Gasteiger charge is 2.28. The summed E-state index contributed by atoms with van der Waals surface area (Å²) in [6.07, 6.45) is -0.859. The largest absolute Gasteiger partial charge is 0.449 e. The van der Waals surface area contributed by atoms with Crippen LogP contribution in [0, 0.1) is 0 Å². The summed E-state index contributed by atoms with van der Waals surface area (Å²) < 4.78 is 10.1. The zero-order valence-corrected chi connectivity index (χ0v) is 9.95. The molecule has 0 N–H and O–H groups in total. The summed E-state index contributed by atoms with van der Waals surface area (Å²) in [5, 5.41) is 0. The monoisotopic (exact) mass is 249 g/mol. The summed E-state index contributed by atoms with van der Waals surface area (Å²) in [5.41, 5.74) is 0.682. The third kappa shape index (κ3) is 2.87. The number of benzene rings is 1. The van der Waals surface area contributed by atoms with Gasteiger partial charge in [-0.05, 0) is 0 Å². The molecule has 0 aliphatic carbocycles. The Balaban J connectivity index is 2.14. The van der Waals surface area contributed by atoms with Crippen LogP contribution >= 0.6 is 0 Å². The van der Waals surface area contributed by atoms with Crippen molar-refractivity contribution in [3.8, 4) is 0 Å². The molecule has 1 aliphatic heterocycles. The zero-order chi connectivity index (χ0) is 12.8. The maximum atomic E-state index is 12.3. The highest BCUT2D eigenvalue weighted by atomic mass is 16.5. The van der Waals surface area contributed by atoms with E-state index in [1.54, 1.807) is 17.0 Å². The lowest BCUT2D eigenvalue weighted by molar-refractivity contribution is -0.154. The van der Waals surface area contributed by atoms with Crippen LogP contribution in [0.1, 0.15) is 11.7 Å². The van der Waals surface area contributed by atoms with Crippen molar-refractivity contribution in [1.82, 2.24) is 4.90 Å². The molecule has 0 spiro atoms. The number of morpholine rings is 1. The van der Waals surface area contributed by atoms with Gasteiger partial charge in [-0.25, -0.2) is 0 Å². The number of carbonyl (C=O) groups excluding carboxylic acids is 2. The summed E-state index contributed by atoms with van der Waals surface area (Å²) in [6, 6.07) is 9.01. The molecule has 1 heterocycles. The van der Waals surface area contributed by atoms with Crippen LogP contribution in [0.15, 0.2) is 30.3 Å². The van der Waals surface area contributed by atoms with E-state index in [0.29, 0.717) is 38.3 Å². The minimum Gasteiger partial charge on any atom is -0.449 e. The molecule has 0 bridgehead atoms. The van der Waals surface area contributed by atoms with Gasteiger partial charge in [-0.1, -0.05) is 30.3 Å². The Morgan fingerprint density at radius 3 is 2.56 bits per heavy atom. The van der Waals surface area contributed by atoms with Crippen LogP contribution in [0.2, 0.25) is 0 Å². The van der Waals surface area contributed by atoms with E-state index in [0.717, 1.165) is 0 Å². The molecule has 0 saturated carbocycles.